The fourth-order valence-electron chi connectivity index (χ4n) is 2.63. The molecule has 1 fully saturated rings. The molecule has 1 atom stereocenters. The summed E-state index contributed by atoms with van der Waals surface area (Å²) in [5.74, 6) is 0.376. The fraction of sp³-hybridized carbons (Fsp3) is 0.556. The summed E-state index contributed by atoms with van der Waals surface area (Å²) >= 11 is 0. The van der Waals surface area contributed by atoms with E-state index in [-0.39, 0.29) is 12.0 Å². The van der Waals surface area contributed by atoms with Crippen molar-refractivity contribution in [3.05, 3.63) is 35.4 Å². The molecule has 0 N–H and O–H groups in total. The van der Waals surface area contributed by atoms with Gasteiger partial charge in [-0.3, -0.25) is 9.00 Å². The van der Waals surface area contributed by atoms with Gasteiger partial charge in [0.05, 0.1) is 0 Å². The van der Waals surface area contributed by atoms with E-state index in [1.807, 2.05) is 32.9 Å². The second kappa shape index (κ2) is 7.99. The summed E-state index contributed by atoms with van der Waals surface area (Å²) in [5.41, 5.74) is 0.955. The normalized spacial score (nSPS) is 16.5. The Morgan fingerprint density at radius 3 is 2.28 bits per heavy atom. The monoisotopic (exact) mass is 366 g/mol. The largest absolute Gasteiger partial charge is 0.444 e. The van der Waals surface area contributed by atoms with Crippen LogP contribution in [0.15, 0.2) is 24.3 Å². The third kappa shape index (κ3) is 5.85. The van der Waals surface area contributed by atoms with E-state index in [0.29, 0.717) is 37.5 Å². The van der Waals surface area contributed by atoms with Crippen molar-refractivity contribution in [2.45, 2.75) is 32.1 Å². The van der Waals surface area contributed by atoms with E-state index in [1.54, 1.807) is 28.2 Å². The van der Waals surface area contributed by atoms with Gasteiger partial charge < -0.3 is 14.5 Å². The standard InChI is InChI=1S/C18H26N2O4S/c1-18(2,3)24-17(22)20-10-8-19(9-11-20)16(21)15-7-5-6-14(12-15)13-25(4)23/h5-7,12H,8-11,13H2,1-4H3. The number of rotatable bonds is 3. The first kappa shape index (κ1) is 19.4. The lowest BCUT2D eigenvalue weighted by Gasteiger charge is -2.35. The highest BCUT2D eigenvalue weighted by atomic mass is 32.2. The molecule has 1 heterocycles. The Labute approximate surface area is 151 Å². The van der Waals surface area contributed by atoms with Crippen LogP contribution in [-0.2, 0) is 21.3 Å². The van der Waals surface area contributed by atoms with Crippen LogP contribution in [0.5, 0.6) is 0 Å². The Kier molecular flexibility index (Phi) is 6.21. The number of amides is 2. The van der Waals surface area contributed by atoms with Crippen LogP contribution in [0.25, 0.3) is 0 Å². The van der Waals surface area contributed by atoms with Crippen LogP contribution >= 0.6 is 0 Å². The molecular weight excluding hydrogens is 340 g/mol. The molecule has 0 bridgehead atoms. The summed E-state index contributed by atoms with van der Waals surface area (Å²) in [7, 11) is -0.944. The Morgan fingerprint density at radius 2 is 1.72 bits per heavy atom. The zero-order chi connectivity index (χ0) is 18.6. The molecule has 1 aromatic rings. The number of piperazine rings is 1. The molecular formula is C18H26N2O4S. The van der Waals surface area contributed by atoms with Gasteiger partial charge in [-0.2, -0.15) is 0 Å². The van der Waals surface area contributed by atoms with Crippen molar-refractivity contribution in [1.29, 1.82) is 0 Å². The second-order valence-electron chi connectivity index (χ2n) is 7.18. The van der Waals surface area contributed by atoms with E-state index in [2.05, 4.69) is 0 Å². The molecule has 2 amide bonds. The Hall–Kier alpha value is -1.89. The van der Waals surface area contributed by atoms with Crippen molar-refractivity contribution in [3.63, 3.8) is 0 Å². The number of carbonyl (C=O) groups is 2. The van der Waals surface area contributed by atoms with Gasteiger partial charge in [-0.25, -0.2) is 4.79 Å². The van der Waals surface area contributed by atoms with Crippen LogP contribution in [0.4, 0.5) is 4.79 Å². The topological polar surface area (TPSA) is 66.9 Å². The number of ether oxygens (including phenoxy) is 1. The molecule has 0 radical (unpaired) electrons. The second-order valence-corrected chi connectivity index (χ2v) is 8.61. The molecule has 0 saturated carbocycles. The quantitative estimate of drug-likeness (QED) is 0.823. The Balaban J connectivity index is 1.95. The van der Waals surface area contributed by atoms with Crippen molar-refractivity contribution >= 4 is 22.8 Å². The summed E-state index contributed by atoms with van der Waals surface area (Å²) in [4.78, 5) is 28.1. The molecule has 1 aliphatic rings. The van der Waals surface area contributed by atoms with Crippen LogP contribution in [0.1, 0.15) is 36.7 Å². The van der Waals surface area contributed by atoms with Gasteiger partial charge in [0, 0.05) is 54.6 Å². The highest BCUT2D eigenvalue weighted by molar-refractivity contribution is 7.83. The van der Waals surface area contributed by atoms with Crippen LogP contribution in [-0.4, -0.2) is 64.0 Å². The van der Waals surface area contributed by atoms with Crippen molar-refractivity contribution in [3.8, 4) is 0 Å². The first-order valence-corrected chi connectivity index (χ1v) is 10.0. The Bertz CT molecular complexity index is 661. The summed E-state index contributed by atoms with van der Waals surface area (Å²) in [6.45, 7) is 7.37. The van der Waals surface area contributed by atoms with E-state index >= 15 is 0 Å². The van der Waals surface area contributed by atoms with Crippen LogP contribution in [0.2, 0.25) is 0 Å². The average Bonchev–Trinajstić information content (AvgIpc) is 2.52. The maximum absolute atomic E-state index is 12.7. The van der Waals surface area contributed by atoms with Gasteiger partial charge in [-0.1, -0.05) is 12.1 Å². The maximum atomic E-state index is 12.7. The predicted molar refractivity (Wildman–Crippen MR) is 97.9 cm³/mol. The number of hydrogen-bond acceptors (Lipinski definition) is 4. The van der Waals surface area contributed by atoms with Crippen molar-refractivity contribution in [2.75, 3.05) is 32.4 Å². The molecule has 7 heteroatoms. The Morgan fingerprint density at radius 1 is 1.12 bits per heavy atom. The summed E-state index contributed by atoms with van der Waals surface area (Å²) in [5, 5.41) is 0. The molecule has 6 nitrogen and oxygen atoms in total. The summed E-state index contributed by atoms with van der Waals surface area (Å²) in [6, 6.07) is 7.25. The van der Waals surface area contributed by atoms with Gasteiger partial charge in [-0.15, -0.1) is 0 Å². The lowest BCUT2D eigenvalue weighted by atomic mass is 10.1. The summed E-state index contributed by atoms with van der Waals surface area (Å²) in [6.07, 6.45) is 1.30. The molecule has 1 aromatic carbocycles. The van der Waals surface area contributed by atoms with Crippen molar-refractivity contribution in [1.82, 2.24) is 9.80 Å². The predicted octanol–water partition coefficient (Wildman–Crippen LogP) is 2.26. The van der Waals surface area contributed by atoms with E-state index < -0.39 is 16.4 Å². The first-order valence-electron chi connectivity index (χ1n) is 8.32. The van der Waals surface area contributed by atoms with E-state index in [1.165, 1.54) is 0 Å². The third-order valence-electron chi connectivity index (χ3n) is 3.76. The molecule has 1 saturated heterocycles. The molecule has 0 spiro atoms. The van der Waals surface area contributed by atoms with Gasteiger partial charge in [-0.05, 0) is 38.5 Å². The van der Waals surface area contributed by atoms with Gasteiger partial charge in [0.2, 0.25) is 0 Å². The highest BCUT2D eigenvalue weighted by Gasteiger charge is 2.28. The van der Waals surface area contributed by atoms with Crippen molar-refractivity contribution in [2.24, 2.45) is 0 Å². The number of hydrogen-bond donors (Lipinski definition) is 0. The maximum Gasteiger partial charge on any atom is 0.410 e. The third-order valence-corrected chi connectivity index (χ3v) is 4.50. The van der Waals surface area contributed by atoms with E-state index in [4.69, 9.17) is 4.74 Å². The van der Waals surface area contributed by atoms with E-state index in [9.17, 15) is 13.8 Å². The van der Waals surface area contributed by atoms with Gasteiger partial charge in [0.15, 0.2) is 0 Å². The molecule has 2 rings (SSSR count). The molecule has 25 heavy (non-hydrogen) atoms. The minimum atomic E-state index is -0.944. The van der Waals surface area contributed by atoms with Crippen molar-refractivity contribution < 1.29 is 18.5 Å². The minimum absolute atomic E-state index is 0.0624. The molecule has 0 aliphatic carbocycles. The molecule has 1 unspecified atom stereocenters. The smallest absolute Gasteiger partial charge is 0.410 e. The first-order chi connectivity index (χ1) is 11.7. The average molecular weight is 366 g/mol. The molecule has 138 valence electrons. The summed E-state index contributed by atoms with van der Waals surface area (Å²) < 4.78 is 16.7. The van der Waals surface area contributed by atoms with Gasteiger partial charge in [0.1, 0.15) is 5.60 Å². The zero-order valence-electron chi connectivity index (χ0n) is 15.3. The fourth-order valence-corrected chi connectivity index (χ4v) is 3.28. The van der Waals surface area contributed by atoms with Crippen LogP contribution < -0.4 is 0 Å². The SMILES string of the molecule is CS(=O)Cc1cccc(C(=O)N2CCN(C(=O)OC(C)(C)C)CC2)c1. The lowest BCUT2D eigenvalue weighted by Crippen LogP contribution is -2.51. The number of nitrogens with zero attached hydrogens (tertiary/aromatic N) is 2. The van der Waals surface area contributed by atoms with Crippen LogP contribution in [0, 0.1) is 0 Å². The minimum Gasteiger partial charge on any atom is -0.444 e. The zero-order valence-corrected chi connectivity index (χ0v) is 16.1. The highest BCUT2D eigenvalue weighted by Crippen LogP contribution is 2.15. The molecule has 1 aliphatic heterocycles. The van der Waals surface area contributed by atoms with Gasteiger partial charge >= 0.3 is 6.09 Å². The van der Waals surface area contributed by atoms with Crippen LogP contribution in [0.3, 0.4) is 0 Å². The number of benzene rings is 1. The van der Waals surface area contributed by atoms with E-state index in [0.717, 1.165) is 5.56 Å². The van der Waals surface area contributed by atoms with Gasteiger partial charge in [0.25, 0.3) is 5.91 Å². The number of carbonyl (C=O) groups excluding carboxylic acids is 2. The lowest BCUT2D eigenvalue weighted by molar-refractivity contribution is 0.0141. The molecule has 0 aromatic heterocycles.